The van der Waals surface area contributed by atoms with Gasteiger partial charge >= 0.3 is 11.9 Å². The third-order valence-corrected chi connectivity index (χ3v) is 4.31. The van der Waals surface area contributed by atoms with E-state index in [4.69, 9.17) is 4.42 Å². The zero-order valence-corrected chi connectivity index (χ0v) is 15.7. The maximum Gasteiger partial charge on any atom is 0.433 e. The summed E-state index contributed by atoms with van der Waals surface area (Å²) in [6.07, 6.45) is 2.77. The molecule has 3 aromatic rings. The van der Waals surface area contributed by atoms with Crippen molar-refractivity contribution in [2.45, 2.75) is 13.5 Å². The first-order valence-electron chi connectivity index (χ1n) is 8.79. The van der Waals surface area contributed by atoms with Gasteiger partial charge < -0.3 is 4.42 Å². The minimum atomic E-state index is -0.687. The molecule has 30 heavy (non-hydrogen) atoms. The molecule has 1 saturated heterocycles. The van der Waals surface area contributed by atoms with Gasteiger partial charge in [0.1, 0.15) is 17.2 Å². The van der Waals surface area contributed by atoms with E-state index in [2.05, 4.69) is 15.4 Å². The molecule has 0 unspecified atom stereocenters. The summed E-state index contributed by atoms with van der Waals surface area (Å²) in [4.78, 5) is 35.7. The topological polar surface area (TPSA) is 140 Å². The molecule has 4 rings (SSSR count). The van der Waals surface area contributed by atoms with Crippen molar-refractivity contribution >= 4 is 24.0 Å². The largest absolute Gasteiger partial charge is 0.433 e. The fraction of sp³-hybridized carbons (Fsp3) is 0.167. The van der Waals surface area contributed by atoms with Crippen molar-refractivity contribution < 1.29 is 18.9 Å². The number of imide groups is 1. The van der Waals surface area contributed by atoms with Gasteiger partial charge in [-0.1, -0.05) is 22.9 Å². The minimum Gasteiger partial charge on any atom is -0.400 e. The Morgan fingerprint density at radius 2 is 2.00 bits per heavy atom. The highest BCUT2D eigenvalue weighted by molar-refractivity contribution is 6.02. The lowest BCUT2D eigenvalue weighted by Gasteiger charge is -2.11. The number of nitrogens with zero attached hydrogens (tertiary/aromatic N) is 7. The first-order chi connectivity index (χ1) is 14.4. The van der Waals surface area contributed by atoms with Crippen molar-refractivity contribution in [1.29, 1.82) is 0 Å². The van der Waals surface area contributed by atoms with Crippen LogP contribution in [0, 0.1) is 17.0 Å². The third-order valence-electron chi connectivity index (χ3n) is 4.31. The first-order valence-corrected chi connectivity index (χ1v) is 8.79. The number of benzene rings is 1. The molecule has 12 nitrogen and oxygen atoms in total. The molecular formula is C18H15N7O5. The van der Waals surface area contributed by atoms with E-state index in [9.17, 15) is 19.7 Å². The normalized spacial score (nSPS) is 14.3. The monoisotopic (exact) mass is 409 g/mol. The van der Waals surface area contributed by atoms with Crippen molar-refractivity contribution in [3.63, 3.8) is 0 Å². The maximum atomic E-state index is 12.5. The van der Waals surface area contributed by atoms with Gasteiger partial charge in [-0.05, 0) is 25.1 Å². The van der Waals surface area contributed by atoms with Gasteiger partial charge in [0.15, 0.2) is 5.76 Å². The fourth-order valence-corrected chi connectivity index (χ4v) is 2.77. The van der Waals surface area contributed by atoms with E-state index in [1.54, 1.807) is 10.9 Å². The first kappa shape index (κ1) is 19.0. The molecular weight excluding hydrogens is 394 g/mol. The van der Waals surface area contributed by atoms with Crippen LogP contribution in [0.3, 0.4) is 0 Å². The zero-order valence-electron chi connectivity index (χ0n) is 15.7. The Balaban J connectivity index is 1.43. The summed E-state index contributed by atoms with van der Waals surface area (Å²) in [7, 11) is 0. The second-order valence-electron chi connectivity index (χ2n) is 6.49. The third kappa shape index (κ3) is 3.78. The van der Waals surface area contributed by atoms with Crippen LogP contribution in [0.4, 0.5) is 10.7 Å². The lowest BCUT2D eigenvalue weighted by atomic mass is 10.2. The molecule has 1 aliphatic rings. The molecule has 3 heterocycles. The molecule has 12 heteroatoms. The van der Waals surface area contributed by atoms with Gasteiger partial charge in [0, 0.05) is 0 Å². The predicted octanol–water partition coefficient (Wildman–Crippen LogP) is 1.88. The lowest BCUT2D eigenvalue weighted by Crippen LogP contribution is -2.31. The van der Waals surface area contributed by atoms with E-state index in [1.807, 2.05) is 31.2 Å². The number of carbonyl (C=O) groups is 2. The number of hydrogen-bond acceptors (Lipinski definition) is 8. The SMILES string of the molecule is Cc1ccc(-n2cc(CN3C(=O)CN(/N=C/c4ccc([N+](=O)[O-])o4)C3=O)nn2)cc1. The van der Waals surface area contributed by atoms with Crippen LogP contribution < -0.4 is 0 Å². The highest BCUT2D eigenvalue weighted by atomic mass is 16.6. The lowest BCUT2D eigenvalue weighted by molar-refractivity contribution is -0.402. The average Bonchev–Trinajstić information content (AvgIpc) is 3.43. The summed E-state index contributed by atoms with van der Waals surface area (Å²) in [6, 6.07) is 9.52. The number of urea groups is 1. The van der Waals surface area contributed by atoms with Crippen LogP contribution in [-0.4, -0.2) is 54.5 Å². The number of amides is 3. The summed E-state index contributed by atoms with van der Waals surface area (Å²) in [5.74, 6) is -0.813. The molecule has 0 bridgehead atoms. The Morgan fingerprint density at radius 1 is 1.23 bits per heavy atom. The summed E-state index contributed by atoms with van der Waals surface area (Å²) in [5, 5.41) is 23.5. The molecule has 0 N–H and O–H groups in total. The average molecular weight is 409 g/mol. The smallest absolute Gasteiger partial charge is 0.400 e. The van der Waals surface area contributed by atoms with E-state index >= 15 is 0 Å². The van der Waals surface area contributed by atoms with Crippen LogP contribution in [0.25, 0.3) is 5.69 Å². The Hall–Kier alpha value is -4.35. The molecule has 0 spiro atoms. The Bertz CT molecular complexity index is 1150. The quantitative estimate of drug-likeness (QED) is 0.262. The van der Waals surface area contributed by atoms with Crippen molar-refractivity contribution in [3.05, 3.63) is 69.7 Å². The van der Waals surface area contributed by atoms with E-state index < -0.39 is 22.7 Å². The molecule has 0 atom stereocenters. The molecule has 0 saturated carbocycles. The molecule has 1 fully saturated rings. The number of hydrazone groups is 1. The number of furan rings is 1. The molecule has 2 aromatic heterocycles. The highest BCUT2D eigenvalue weighted by Gasteiger charge is 2.36. The molecule has 0 radical (unpaired) electrons. The Kier molecular flexibility index (Phi) is 4.80. The van der Waals surface area contributed by atoms with Gasteiger partial charge in [-0.3, -0.25) is 19.8 Å². The van der Waals surface area contributed by atoms with E-state index in [0.29, 0.717) is 5.69 Å². The molecule has 3 amide bonds. The number of carbonyl (C=O) groups excluding carboxylic acids is 2. The van der Waals surface area contributed by atoms with Crippen LogP contribution in [0.15, 0.2) is 52.1 Å². The van der Waals surface area contributed by atoms with Gasteiger partial charge in [0.25, 0.3) is 5.91 Å². The Morgan fingerprint density at radius 3 is 2.70 bits per heavy atom. The maximum absolute atomic E-state index is 12.5. The van der Waals surface area contributed by atoms with Crippen LogP contribution in [-0.2, 0) is 11.3 Å². The standard InChI is InChI=1S/C18H15N7O5/c1-12-2-4-14(5-3-12)23-10-13(20-21-23)9-22-16(26)11-24(18(22)27)19-8-15-6-7-17(30-15)25(28)29/h2-8,10H,9,11H2,1H3/b19-8+. The summed E-state index contributed by atoms with van der Waals surface area (Å²) in [6.45, 7) is 1.66. The van der Waals surface area contributed by atoms with Gasteiger partial charge in [-0.25, -0.2) is 14.5 Å². The van der Waals surface area contributed by atoms with E-state index in [0.717, 1.165) is 27.4 Å². The van der Waals surface area contributed by atoms with Crippen molar-refractivity contribution in [2.75, 3.05) is 6.54 Å². The van der Waals surface area contributed by atoms with Gasteiger partial charge in [0.2, 0.25) is 0 Å². The van der Waals surface area contributed by atoms with Crippen LogP contribution in [0.2, 0.25) is 0 Å². The van der Waals surface area contributed by atoms with Crippen LogP contribution in [0.5, 0.6) is 0 Å². The van der Waals surface area contributed by atoms with Gasteiger partial charge in [-0.2, -0.15) is 5.10 Å². The fourth-order valence-electron chi connectivity index (χ4n) is 2.77. The second-order valence-corrected chi connectivity index (χ2v) is 6.49. The summed E-state index contributed by atoms with van der Waals surface area (Å²) in [5.41, 5.74) is 2.35. The predicted molar refractivity (Wildman–Crippen MR) is 102 cm³/mol. The second kappa shape index (κ2) is 7.58. The molecule has 0 aliphatic carbocycles. The number of nitro groups is 1. The number of aromatic nitrogens is 3. The molecule has 1 aromatic carbocycles. The van der Waals surface area contributed by atoms with Crippen LogP contribution in [0.1, 0.15) is 17.0 Å². The highest BCUT2D eigenvalue weighted by Crippen LogP contribution is 2.17. The molecule has 1 aliphatic heterocycles. The Labute approximate surface area is 169 Å². The van der Waals surface area contributed by atoms with Crippen molar-refractivity contribution in [3.8, 4) is 5.69 Å². The number of aryl methyl sites for hydroxylation is 1. The molecule has 152 valence electrons. The minimum absolute atomic E-state index is 0.0538. The van der Waals surface area contributed by atoms with Crippen molar-refractivity contribution in [1.82, 2.24) is 24.9 Å². The number of rotatable bonds is 6. The van der Waals surface area contributed by atoms with Gasteiger partial charge in [0.05, 0.1) is 30.7 Å². The van der Waals surface area contributed by atoms with E-state index in [-0.39, 0.29) is 18.8 Å². The summed E-state index contributed by atoms with van der Waals surface area (Å²) < 4.78 is 6.49. The summed E-state index contributed by atoms with van der Waals surface area (Å²) >= 11 is 0. The van der Waals surface area contributed by atoms with Gasteiger partial charge in [-0.15, -0.1) is 5.10 Å². The number of hydrogen-bond donors (Lipinski definition) is 0. The van der Waals surface area contributed by atoms with Crippen molar-refractivity contribution in [2.24, 2.45) is 5.10 Å². The zero-order chi connectivity index (χ0) is 21.3. The van der Waals surface area contributed by atoms with Crippen LogP contribution >= 0.6 is 0 Å². The van der Waals surface area contributed by atoms with E-state index in [1.165, 1.54) is 12.1 Å².